The van der Waals surface area contributed by atoms with Crippen molar-refractivity contribution in [1.29, 1.82) is 0 Å². The molecule has 1 saturated carbocycles. The fourth-order valence-electron chi connectivity index (χ4n) is 2.93. The summed E-state index contributed by atoms with van der Waals surface area (Å²) in [5.41, 5.74) is 5.26. The number of nitrogens with two attached hydrogens (primary N) is 1. The number of nitrogens with one attached hydrogen (secondary N) is 1. The molecule has 0 bridgehead atoms. The lowest BCUT2D eigenvalue weighted by Crippen LogP contribution is -2.41. The van der Waals surface area contributed by atoms with Crippen molar-refractivity contribution in [3.8, 4) is 11.1 Å². The molecule has 8 heteroatoms. The van der Waals surface area contributed by atoms with Crippen LogP contribution in [0, 0.1) is 11.7 Å². The van der Waals surface area contributed by atoms with Crippen molar-refractivity contribution in [3.05, 3.63) is 59.4 Å². The quantitative estimate of drug-likeness (QED) is 0.728. The lowest BCUT2D eigenvalue weighted by molar-refractivity contribution is -0.137. The van der Waals surface area contributed by atoms with Crippen LogP contribution in [0.1, 0.15) is 28.8 Å². The number of hydrogen-bond donors (Lipinski definition) is 2. The minimum Gasteiger partial charge on any atom is -0.348 e. The normalized spacial score (nSPS) is 15.0. The third kappa shape index (κ3) is 4.99. The first-order valence-corrected chi connectivity index (χ1v) is 8.27. The molecule has 1 atom stereocenters. The van der Waals surface area contributed by atoms with Crippen molar-refractivity contribution < 1.29 is 22.4 Å². The Morgan fingerprint density at radius 3 is 2.48 bits per heavy atom. The summed E-state index contributed by atoms with van der Waals surface area (Å²) in [5, 5.41) is 2.77. The number of amides is 1. The molecule has 0 radical (unpaired) electrons. The van der Waals surface area contributed by atoms with Crippen molar-refractivity contribution in [2.75, 3.05) is 6.54 Å². The highest BCUT2D eigenvalue weighted by Crippen LogP contribution is 2.34. The van der Waals surface area contributed by atoms with Gasteiger partial charge in [0.25, 0.3) is 5.91 Å². The van der Waals surface area contributed by atoms with E-state index in [4.69, 9.17) is 5.73 Å². The number of carbonyl (C=O) groups is 1. The fourth-order valence-corrected chi connectivity index (χ4v) is 2.93. The second-order valence-electron chi connectivity index (χ2n) is 6.42. The van der Waals surface area contributed by atoms with Crippen LogP contribution in [0.4, 0.5) is 17.6 Å². The van der Waals surface area contributed by atoms with E-state index in [2.05, 4.69) is 5.32 Å². The molecule has 27 heavy (non-hydrogen) atoms. The summed E-state index contributed by atoms with van der Waals surface area (Å²) in [6, 6.07) is 7.86. The van der Waals surface area contributed by atoms with Gasteiger partial charge in [-0.15, -0.1) is 12.4 Å². The molecule has 3 nitrogen and oxygen atoms in total. The summed E-state index contributed by atoms with van der Waals surface area (Å²) in [6.07, 6.45) is -2.58. The maximum atomic E-state index is 13.7. The SMILES string of the molecule is Cl.NCC(NC(=O)c1cc(F)ccc1-c1cccc(C(F)(F)F)c1)C1CC1. The molecule has 3 N–H and O–H groups in total. The summed E-state index contributed by atoms with van der Waals surface area (Å²) >= 11 is 0. The second kappa shape index (κ2) is 8.27. The molecular formula is C19H19ClF4N2O. The van der Waals surface area contributed by atoms with E-state index in [-0.39, 0.29) is 41.7 Å². The van der Waals surface area contributed by atoms with Crippen molar-refractivity contribution in [2.24, 2.45) is 11.7 Å². The van der Waals surface area contributed by atoms with E-state index in [9.17, 15) is 22.4 Å². The van der Waals surface area contributed by atoms with Gasteiger partial charge >= 0.3 is 6.18 Å². The van der Waals surface area contributed by atoms with Crippen molar-refractivity contribution in [1.82, 2.24) is 5.32 Å². The Morgan fingerprint density at radius 1 is 1.19 bits per heavy atom. The predicted molar refractivity (Wildman–Crippen MR) is 97.1 cm³/mol. The number of benzene rings is 2. The molecule has 0 heterocycles. The molecule has 0 saturated heterocycles. The third-order valence-corrected chi connectivity index (χ3v) is 4.49. The van der Waals surface area contributed by atoms with E-state index in [0.717, 1.165) is 37.1 Å². The minimum absolute atomic E-state index is 0. The number of carbonyl (C=O) groups excluding carboxylic acids is 1. The van der Waals surface area contributed by atoms with Gasteiger partial charge in [0.1, 0.15) is 5.82 Å². The average molecular weight is 403 g/mol. The molecule has 0 aliphatic heterocycles. The van der Waals surface area contributed by atoms with Gasteiger partial charge in [0, 0.05) is 12.6 Å². The van der Waals surface area contributed by atoms with Gasteiger partial charge in [0.2, 0.25) is 0 Å². The Bertz CT molecular complexity index is 822. The number of rotatable bonds is 5. The Balaban J connectivity index is 0.00000261. The smallest absolute Gasteiger partial charge is 0.348 e. The molecule has 1 unspecified atom stereocenters. The molecule has 1 aliphatic carbocycles. The van der Waals surface area contributed by atoms with Crippen LogP contribution in [0.3, 0.4) is 0 Å². The maximum Gasteiger partial charge on any atom is 0.416 e. The van der Waals surface area contributed by atoms with Gasteiger partial charge in [-0.25, -0.2) is 4.39 Å². The summed E-state index contributed by atoms with van der Waals surface area (Å²) in [7, 11) is 0. The van der Waals surface area contributed by atoms with Crippen LogP contribution in [0.5, 0.6) is 0 Å². The van der Waals surface area contributed by atoms with Gasteiger partial charge < -0.3 is 11.1 Å². The Morgan fingerprint density at radius 2 is 1.89 bits per heavy atom. The molecule has 0 aromatic heterocycles. The maximum absolute atomic E-state index is 13.7. The van der Waals surface area contributed by atoms with E-state index < -0.39 is 23.5 Å². The van der Waals surface area contributed by atoms with E-state index in [0.29, 0.717) is 5.92 Å². The van der Waals surface area contributed by atoms with Gasteiger partial charge in [-0.1, -0.05) is 18.2 Å². The molecule has 146 valence electrons. The van der Waals surface area contributed by atoms with Crippen LogP contribution in [0.2, 0.25) is 0 Å². The highest BCUT2D eigenvalue weighted by Gasteiger charge is 2.33. The van der Waals surface area contributed by atoms with Gasteiger partial charge in [0.15, 0.2) is 0 Å². The van der Waals surface area contributed by atoms with Crippen molar-refractivity contribution >= 4 is 18.3 Å². The lowest BCUT2D eigenvalue weighted by Gasteiger charge is -2.18. The fraction of sp³-hybridized carbons (Fsp3) is 0.316. The number of alkyl halides is 3. The molecule has 3 rings (SSSR count). The van der Waals surface area contributed by atoms with Crippen molar-refractivity contribution in [3.63, 3.8) is 0 Å². The zero-order chi connectivity index (χ0) is 18.9. The standard InChI is InChI=1S/C19H18F4N2O.ClH/c20-14-6-7-15(12-2-1-3-13(8-12)19(21,22)23)16(9-14)18(26)25-17(10-24)11-4-5-11;/h1-3,6-9,11,17H,4-5,10,24H2,(H,25,26);1H. The summed E-state index contributed by atoms with van der Waals surface area (Å²) in [5.74, 6) is -0.879. The first-order valence-electron chi connectivity index (χ1n) is 8.27. The van der Waals surface area contributed by atoms with Crippen molar-refractivity contribution in [2.45, 2.75) is 25.1 Å². The molecule has 2 aromatic rings. The number of halogens is 5. The molecular weight excluding hydrogens is 384 g/mol. The summed E-state index contributed by atoms with van der Waals surface area (Å²) in [6.45, 7) is 0.255. The van der Waals surface area contributed by atoms with Crippen LogP contribution in [0.25, 0.3) is 11.1 Å². The molecule has 0 spiro atoms. The first kappa shape index (κ1) is 21.2. The lowest BCUT2D eigenvalue weighted by atomic mass is 9.97. The molecule has 1 fully saturated rings. The predicted octanol–water partition coefficient (Wildman–Crippen LogP) is 4.40. The van der Waals surface area contributed by atoms with Crippen LogP contribution in [0.15, 0.2) is 42.5 Å². The zero-order valence-electron chi connectivity index (χ0n) is 14.2. The average Bonchev–Trinajstić information content (AvgIpc) is 3.43. The molecule has 1 amide bonds. The first-order chi connectivity index (χ1) is 12.3. The van der Waals surface area contributed by atoms with Gasteiger partial charge in [-0.05, 0) is 54.2 Å². The van der Waals surface area contributed by atoms with Crippen LogP contribution in [-0.4, -0.2) is 18.5 Å². The summed E-state index contributed by atoms with van der Waals surface area (Å²) in [4.78, 5) is 12.6. The Labute approximate surface area is 160 Å². The molecule has 2 aromatic carbocycles. The highest BCUT2D eigenvalue weighted by atomic mass is 35.5. The van der Waals surface area contributed by atoms with Gasteiger partial charge in [-0.2, -0.15) is 13.2 Å². The third-order valence-electron chi connectivity index (χ3n) is 4.49. The largest absolute Gasteiger partial charge is 0.416 e. The van der Waals surface area contributed by atoms with E-state index in [1.807, 2.05) is 0 Å². The Hall–Kier alpha value is -2.12. The topological polar surface area (TPSA) is 55.1 Å². The number of hydrogen-bond acceptors (Lipinski definition) is 2. The molecule has 1 aliphatic rings. The Kier molecular flexibility index (Phi) is 6.49. The highest BCUT2D eigenvalue weighted by molar-refractivity contribution is 6.01. The van der Waals surface area contributed by atoms with E-state index in [1.54, 1.807) is 0 Å². The van der Waals surface area contributed by atoms with Gasteiger partial charge in [0.05, 0.1) is 11.1 Å². The van der Waals surface area contributed by atoms with E-state index in [1.165, 1.54) is 18.2 Å². The van der Waals surface area contributed by atoms with Gasteiger partial charge in [-0.3, -0.25) is 4.79 Å². The van der Waals surface area contributed by atoms with Crippen LogP contribution >= 0.6 is 12.4 Å². The van der Waals surface area contributed by atoms with Crippen LogP contribution in [-0.2, 0) is 6.18 Å². The minimum atomic E-state index is -4.50. The van der Waals surface area contributed by atoms with Crippen LogP contribution < -0.4 is 11.1 Å². The van der Waals surface area contributed by atoms with E-state index >= 15 is 0 Å². The zero-order valence-corrected chi connectivity index (χ0v) is 15.0. The second-order valence-corrected chi connectivity index (χ2v) is 6.42. The monoisotopic (exact) mass is 402 g/mol. The summed E-state index contributed by atoms with van der Waals surface area (Å²) < 4.78 is 52.6.